The number of unbranched alkanes of at least 4 members (excludes halogenated alkanes) is 6. The number of benzene rings is 6. The summed E-state index contributed by atoms with van der Waals surface area (Å²) in [5.74, 6) is 0.129. The Kier molecular flexibility index (Phi) is 66.5. The zero-order valence-corrected chi connectivity index (χ0v) is 68.7. The van der Waals surface area contributed by atoms with Crippen LogP contribution in [0.5, 0.6) is 0 Å². The highest BCUT2D eigenvalue weighted by Crippen LogP contribution is 2.55. The monoisotopic (exact) mass is 1720 g/mol. The van der Waals surface area contributed by atoms with E-state index < -0.39 is 15.2 Å². The topological polar surface area (TPSA) is 249 Å². The lowest BCUT2D eigenvalue weighted by Gasteiger charge is -2.27. The quantitative estimate of drug-likeness (QED) is 0.00902. The average Bonchev–Trinajstić information content (AvgIpc) is 0.767. The summed E-state index contributed by atoms with van der Waals surface area (Å²) >= 11 is 6.35. The molecule has 0 unspecified atom stereocenters. The Morgan fingerprint density at radius 3 is 1.19 bits per heavy atom. The molecule has 6 aromatic carbocycles. The maximum Gasteiger partial charge on any atom is 0.241 e. The lowest BCUT2D eigenvalue weighted by molar-refractivity contribution is -0.368. The van der Waals surface area contributed by atoms with Crippen LogP contribution < -0.4 is 136 Å². The summed E-state index contributed by atoms with van der Waals surface area (Å²) in [6.07, 6.45) is 16.1. The van der Waals surface area contributed by atoms with Gasteiger partial charge in [0.25, 0.3) is 0 Å². The number of quaternary nitrogens is 2. The fourth-order valence-corrected chi connectivity index (χ4v) is 16.0. The van der Waals surface area contributed by atoms with Crippen molar-refractivity contribution >= 4 is 109 Å². The van der Waals surface area contributed by atoms with E-state index in [9.17, 15) is 14.4 Å². The van der Waals surface area contributed by atoms with Gasteiger partial charge in [0.05, 0.1) is 37.7 Å². The molecule has 1 heterocycles. The number of nitrogens with one attached hydrogen (secondary N) is 3. The highest BCUT2D eigenvalue weighted by Gasteiger charge is 2.44. The minimum Gasteiger partial charge on any atom is -1.00 e. The molecule has 0 bridgehead atoms. The number of nitrogens with zero attached hydrogens (tertiary/aromatic N) is 6. The third-order valence-electron chi connectivity index (χ3n) is 13.6. The molecule has 7 rings (SSSR count). The molecule has 0 aliphatic heterocycles. The number of nitrogens with two attached hydrogens (primary N) is 2. The maximum absolute atomic E-state index is 11.4. The van der Waals surface area contributed by atoms with E-state index in [2.05, 4.69) is 250 Å². The maximum atomic E-state index is 11.4. The van der Waals surface area contributed by atoms with E-state index in [4.69, 9.17) is 22.3 Å². The molecule has 0 aliphatic carbocycles. The van der Waals surface area contributed by atoms with E-state index >= 15 is 0 Å². The van der Waals surface area contributed by atoms with Crippen LogP contribution in [0.1, 0.15) is 78.1 Å². The van der Waals surface area contributed by atoms with Gasteiger partial charge in [-0.05, 0) is 111 Å². The number of nitrogen functional groups attached to an aromatic ring is 1. The van der Waals surface area contributed by atoms with Crippen molar-refractivity contribution < 1.29 is 102 Å². The molecule has 16 nitrogen and oxygen atoms in total. The Bertz CT molecular complexity index is 2760. The molecule has 25 heteroatoms. The predicted octanol–water partition coefficient (Wildman–Crippen LogP) is -6.72. The highest BCUT2D eigenvalue weighted by molar-refractivity contribution is 9.09. The normalized spacial score (nSPS) is 9.64. The van der Waals surface area contributed by atoms with Gasteiger partial charge in [-0.25, -0.2) is 4.68 Å². The van der Waals surface area contributed by atoms with Crippen LogP contribution in [0.25, 0.3) is 0 Å². The first-order valence-corrected chi connectivity index (χ1v) is 36.9. The first-order valence-electron chi connectivity index (χ1n) is 31.3. The van der Waals surface area contributed by atoms with Gasteiger partial charge in [-0.15, -0.1) is 0 Å². The zero-order valence-electron chi connectivity index (χ0n) is 57.5. The highest BCUT2D eigenvalue weighted by atomic mass is 79.9. The zero-order chi connectivity index (χ0) is 67.5. The van der Waals surface area contributed by atoms with Crippen LogP contribution in [-0.2, 0) is 14.4 Å². The van der Waals surface area contributed by atoms with Crippen molar-refractivity contribution in [2.24, 2.45) is 11.5 Å². The van der Waals surface area contributed by atoms with Crippen molar-refractivity contribution in [3.63, 3.8) is 0 Å². The van der Waals surface area contributed by atoms with E-state index in [1.165, 1.54) is 91.0 Å². The van der Waals surface area contributed by atoms with Gasteiger partial charge in [0.1, 0.15) is 23.2 Å². The van der Waals surface area contributed by atoms with E-state index in [1.807, 2.05) is 0 Å². The lowest BCUT2D eigenvalue weighted by Crippen LogP contribution is -3.00. The van der Waals surface area contributed by atoms with Crippen molar-refractivity contribution in [1.29, 1.82) is 10.8 Å². The van der Waals surface area contributed by atoms with Crippen LogP contribution in [0.3, 0.4) is 0 Å². The van der Waals surface area contributed by atoms with Gasteiger partial charge in [-0.2, -0.15) is 5.10 Å². The number of amides is 3. The van der Waals surface area contributed by atoms with Crippen molar-refractivity contribution in [3.8, 4) is 0 Å². The number of rotatable bonds is 26. The Balaban J connectivity index is -0.000000349. The number of hydrogen-bond donors (Lipinski definition) is 7. The van der Waals surface area contributed by atoms with E-state index in [-0.39, 0.29) is 112 Å². The van der Waals surface area contributed by atoms with Gasteiger partial charge in [0.15, 0.2) is 5.96 Å². The third kappa shape index (κ3) is 43.0. The van der Waals surface area contributed by atoms with Gasteiger partial charge in [0, 0.05) is 66.6 Å². The summed E-state index contributed by atoms with van der Waals surface area (Å²) in [5.41, 5.74) is 18.2. The minimum absolute atomic E-state index is 0. The summed E-state index contributed by atoms with van der Waals surface area (Å²) in [7, 11) is 8.34. The summed E-state index contributed by atoms with van der Waals surface area (Å²) in [6.45, 7) is 8.68. The second-order valence-electron chi connectivity index (χ2n) is 21.4. The van der Waals surface area contributed by atoms with Gasteiger partial charge in [-0.1, -0.05) is 217 Å². The van der Waals surface area contributed by atoms with E-state index in [1.54, 1.807) is 70.5 Å². The van der Waals surface area contributed by atoms with Crippen molar-refractivity contribution in [3.05, 3.63) is 200 Å². The smallest absolute Gasteiger partial charge is 0.241 e. The van der Waals surface area contributed by atoms with Gasteiger partial charge in [-0.3, -0.25) is 25.2 Å². The summed E-state index contributed by atoms with van der Waals surface area (Å²) in [4.78, 5) is 39.1. The van der Waals surface area contributed by atoms with E-state index in [0.29, 0.717) is 18.4 Å². The number of hydrogen-bond acceptors (Lipinski definition) is 7. The fourth-order valence-electron chi connectivity index (χ4n) is 8.38. The predicted molar refractivity (Wildman–Crippen MR) is 398 cm³/mol. The Labute approximate surface area is 638 Å². The molecular formula is C71H108Br5Cl2N13O3P2-2. The van der Waals surface area contributed by atoms with Gasteiger partial charge in [0.2, 0.25) is 23.7 Å². The minimum atomic E-state index is -1.61. The number of halogens is 7. The SMILES string of the molecule is CCCCCN(CC(=O)N(C)C)C(=N)N.CCCCCNCC(=O)N(C)C.CN(C)C(=O)CBr.N=C(N)n1cccn1.[Br-].[Br-].[Br-].[Cl-].[Cl-].[NH3+]CCCCBr.[NH3+]CCCC[P+](c1ccccc1)(c1ccccc1)c1ccccc1.c1ccc(P(c2ccccc2)c2ccccc2)cc1. The molecule has 7 aromatic rings. The summed E-state index contributed by atoms with van der Waals surface area (Å²) in [5, 5.41) is 31.2. The molecule has 13 N–H and O–H groups in total. The lowest BCUT2D eigenvalue weighted by atomic mass is 10.2. The van der Waals surface area contributed by atoms with Crippen LogP contribution in [0.4, 0.5) is 0 Å². The molecule has 3 amide bonds. The molecule has 0 atom stereocenters. The Hall–Kier alpha value is -4.60. The van der Waals surface area contributed by atoms with Crippen LogP contribution >= 0.6 is 47.0 Å². The van der Waals surface area contributed by atoms with Crippen molar-refractivity contribution in [1.82, 2.24) is 34.7 Å². The number of guanidine groups is 1. The number of aromatic nitrogens is 2. The first-order chi connectivity index (χ1) is 43.9. The number of alkyl halides is 2. The molecule has 536 valence electrons. The number of likely N-dealkylation sites (N-methyl/N-ethyl adjacent to an activating group) is 2. The van der Waals surface area contributed by atoms with Crippen LogP contribution in [0.2, 0.25) is 0 Å². The molecular weight excluding hydrogens is 1620 g/mol. The van der Waals surface area contributed by atoms with E-state index in [0.717, 1.165) is 50.6 Å². The first kappa shape index (κ1) is 100. The molecule has 0 saturated carbocycles. The molecule has 0 fully saturated rings. The average molecular weight is 1720 g/mol. The van der Waals surface area contributed by atoms with Gasteiger partial charge >= 0.3 is 0 Å². The Morgan fingerprint density at radius 1 is 0.531 bits per heavy atom. The van der Waals surface area contributed by atoms with Crippen LogP contribution in [-0.4, -0.2) is 157 Å². The summed E-state index contributed by atoms with van der Waals surface area (Å²) in [6, 6.07) is 67.4. The third-order valence-corrected chi connectivity index (χ3v) is 21.6. The molecule has 96 heavy (non-hydrogen) atoms. The van der Waals surface area contributed by atoms with Crippen LogP contribution in [0, 0.1) is 10.8 Å². The second-order valence-corrected chi connectivity index (χ2v) is 28.6. The van der Waals surface area contributed by atoms with Crippen molar-refractivity contribution in [2.75, 3.05) is 98.4 Å². The molecule has 0 spiro atoms. The van der Waals surface area contributed by atoms with Crippen LogP contribution in [0.15, 0.2) is 200 Å². The number of carbonyl (C=O) groups is 3. The largest absolute Gasteiger partial charge is 1.00 e. The molecule has 0 radical (unpaired) electrons. The fraction of sp³-hybridized carbons (Fsp3) is 0.380. The molecule has 0 aliphatic rings. The standard InChI is InChI=1S/C22H25NP.C18H15P.C10H22N4O.C9H20N2O.C4H8BrNO.C4H10BrN.C4H6N4.3BrH.2ClH/c23-18-10-11-19-24(20-12-4-1-5-13-20,21-14-6-2-7-15-21)22-16-8-3-9-17-22;1-4-10-16(11-5-1)19(17-12-6-2-7-13-17)18-14-8-3-9-15-18;1-4-5-6-7-14(10(11)12)8-9(15)13(2)3;1-4-5-6-7-10-8-9(12)11(2)3;1-6(2)4(7)3-5;5-3-1-2-4-6;5-4(6)8-3-1-2-7-8;;;;;/h1-9,12-17H,10-11,18-19,23H2;1-15H;4-8H2,1-3H3,(H3,11,12);10H,4-8H2,1-3H3;3H2,1-2H3;1-4,6H2;1-3H,(H3,5,6);5*1H/q+1;;;;;;;;;;;/p-3. The van der Waals surface area contributed by atoms with Gasteiger partial charge < -0.3 is 124 Å². The Morgan fingerprint density at radius 2 is 0.906 bits per heavy atom. The van der Waals surface area contributed by atoms with Crippen molar-refractivity contribution in [2.45, 2.75) is 78.1 Å². The molecule has 0 saturated heterocycles. The summed E-state index contributed by atoms with van der Waals surface area (Å²) < 4.78 is 1.28. The second kappa shape index (κ2) is 63.8. The molecule has 1 aromatic heterocycles. The number of carbonyl (C=O) groups excluding carboxylic acids is 3.